The molecule has 110 valence electrons. The monoisotopic (exact) mass is 303 g/mol. The zero-order valence-electron chi connectivity index (χ0n) is 11.9. The van der Waals surface area contributed by atoms with Crippen molar-refractivity contribution in [2.24, 2.45) is 5.84 Å². The maximum Gasteiger partial charge on any atom is 0.125 e. The minimum Gasteiger partial charge on any atom is -0.493 e. The van der Waals surface area contributed by atoms with Crippen LogP contribution >= 0.6 is 11.6 Å². The molecular weight excluding hydrogens is 286 g/mol. The number of hydrogen-bond donors (Lipinski definition) is 2. The Bertz CT molecular complexity index is 660. The highest BCUT2D eigenvalue weighted by molar-refractivity contribution is 6.30. The number of aromatic nitrogens is 1. The lowest BCUT2D eigenvalue weighted by atomic mass is 9.98. The Balaban J connectivity index is 1.94. The molecule has 5 heteroatoms. The number of rotatable bonds is 4. The molecule has 3 rings (SSSR count). The molecule has 1 aromatic carbocycles. The third kappa shape index (κ3) is 2.88. The summed E-state index contributed by atoms with van der Waals surface area (Å²) in [7, 11) is 0. The summed E-state index contributed by atoms with van der Waals surface area (Å²) in [5.41, 5.74) is 7.16. The van der Waals surface area contributed by atoms with Gasteiger partial charge in [0.2, 0.25) is 0 Å². The van der Waals surface area contributed by atoms with Crippen LogP contribution < -0.4 is 16.0 Å². The Hall–Kier alpha value is -1.62. The average Bonchev–Trinajstić information content (AvgIpc) is 2.93. The van der Waals surface area contributed by atoms with Crippen LogP contribution in [0.3, 0.4) is 0 Å². The molecule has 3 N–H and O–H groups in total. The SMILES string of the molecule is Cc1cccnc1C(Cc1cc(Cl)cc2c1OCC2)NN. The Labute approximate surface area is 129 Å². The van der Waals surface area contributed by atoms with E-state index in [0.29, 0.717) is 13.0 Å². The molecule has 0 amide bonds. The van der Waals surface area contributed by atoms with Crippen molar-refractivity contribution in [2.45, 2.75) is 25.8 Å². The van der Waals surface area contributed by atoms with Gasteiger partial charge in [0.15, 0.2) is 0 Å². The van der Waals surface area contributed by atoms with Crippen LogP contribution in [0.25, 0.3) is 0 Å². The first-order valence-electron chi connectivity index (χ1n) is 7.01. The number of fused-ring (bicyclic) bond motifs is 1. The predicted octanol–water partition coefficient (Wildman–Crippen LogP) is 2.73. The first-order valence-corrected chi connectivity index (χ1v) is 7.38. The molecule has 21 heavy (non-hydrogen) atoms. The number of halogens is 1. The summed E-state index contributed by atoms with van der Waals surface area (Å²) in [6.45, 7) is 2.75. The lowest BCUT2D eigenvalue weighted by molar-refractivity contribution is 0.351. The third-order valence-electron chi connectivity index (χ3n) is 3.83. The molecule has 1 unspecified atom stereocenters. The highest BCUT2D eigenvalue weighted by Gasteiger charge is 2.22. The van der Waals surface area contributed by atoms with Gasteiger partial charge in [-0.25, -0.2) is 0 Å². The molecule has 2 heterocycles. The van der Waals surface area contributed by atoms with E-state index in [1.54, 1.807) is 6.20 Å². The molecule has 0 saturated carbocycles. The van der Waals surface area contributed by atoms with Crippen molar-refractivity contribution in [2.75, 3.05) is 6.61 Å². The van der Waals surface area contributed by atoms with Gasteiger partial charge in [-0.2, -0.15) is 0 Å². The van der Waals surface area contributed by atoms with E-state index in [0.717, 1.165) is 34.0 Å². The van der Waals surface area contributed by atoms with E-state index in [9.17, 15) is 0 Å². The number of nitrogens with one attached hydrogen (secondary N) is 1. The number of hydrazine groups is 1. The molecule has 0 spiro atoms. The molecule has 2 aromatic rings. The number of hydrogen-bond acceptors (Lipinski definition) is 4. The van der Waals surface area contributed by atoms with Gasteiger partial charge in [0.25, 0.3) is 0 Å². The fourth-order valence-corrected chi connectivity index (χ4v) is 3.08. The zero-order chi connectivity index (χ0) is 14.8. The Morgan fingerprint density at radius 3 is 3.10 bits per heavy atom. The number of ether oxygens (including phenoxy) is 1. The summed E-state index contributed by atoms with van der Waals surface area (Å²) in [5, 5.41) is 0.739. The highest BCUT2D eigenvalue weighted by Crippen LogP contribution is 2.35. The Kier molecular flexibility index (Phi) is 4.10. The Morgan fingerprint density at radius 1 is 1.48 bits per heavy atom. The summed E-state index contributed by atoms with van der Waals surface area (Å²) in [5.74, 6) is 6.69. The van der Waals surface area contributed by atoms with Crippen molar-refractivity contribution in [3.05, 3.63) is 57.9 Å². The van der Waals surface area contributed by atoms with Gasteiger partial charge in [0, 0.05) is 17.6 Å². The fraction of sp³-hybridized carbons (Fsp3) is 0.312. The molecular formula is C16H18ClN3O. The number of aryl methyl sites for hydroxylation is 1. The molecule has 0 aliphatic carbocycles. The average molecular weight is 304 g/mol. The second-order valence-electron chi connectivity index (χ2n) is 5.28. The van der Waals surface area contributed by atoms with Crippen LogP contribution in [0.2, 0.25) is 5.02 Å². The van der Waals surface area contributed by atoms with Crippen molar-refractivity contribution >= 4 is 11.6 Å². The minimum atomic E-state index is -0.0713. The first kappa shape index (κ1) is 14.3. The van der Waals surface area contributed by atoms with Crippen molar-refractivity contribution in [3.63, 3.8) is 0 Å². The standard InChI is InChI=1S/C16H18ClN3O/c1-10-3-2-5-19-15(10)14(20-18)9-12-8-13(17)7-11-4-6-21-16(11)12/h2-3,5,7-8,14,20H,4,6,9,18H2,1H3. The molecule has 0 saturated heterocycles. The normalized spacial score (nSPS) is 14.6. The highest BCUT2D eigenvalue weighted by atomic mass is 35.5. The number of nitrogens with two attached hydrogens (primary N) is 1. The van der Waals surface area contributed by atoms with Crippen LogP contribution in [0.5, 0.6) is 5.75 Å². The van der Waals surface area contributed by atoms with E-state index in [2.05, 4.69) is 10.4 Å². The van der Waals surface area contributed by atoms with Crippen LogP contribution in [0.15, 0.2) is 30.5 Å². The van der Waals surface area contributed by atoms with Gasteiger partial charge in [-0.05, 0) is 48.2 Å². The summed E-state index contributed by atoms with van der Waals surface area (Å²) >= 11 is 6.21. The van der Waals surface area contributed by atoms with Gasteiger partial charge in [-0.15, -0.1) is 0 Å². The van der Waals surface area contributed by atoms with Crippen LogP contribution in [0.4, 0.5) is 0 Å². The summed E-state index contributed by atoms with van der Waals surface area (Å²) in [4.78, 5) is 4.45. The second kappa shape index (κ2) is 6.02. The van der Waals surface area contributed by atoms with E-state index < -0.39 is 0 Å². The molecule has 4 nitrogen and oxygen atoms in total. The molecule has 1 atom stereocenters. The lowest BCUT2D eigenvalue weighted by Crippen LogP contribution is -2.31. The van der Waals surface area contributed by atoms with E-state index in [1.807, 2.05) is 31.2 Å². The van der Waals surface area contributed by atoms with E-state index >= 15 is 0 Å². The predicted molar refractivity (Wildman–Crippen MR) is 83.4 cm³/mol. The van der Waals surface area contributed by atoms with Crippen LogP contribution in [-0.4, -0.2) is 11.6 Å². The Morgan fingerprint density at radius 2 is 2.33 bits per heavy atom. The minimum absolute atomic E-state index is 0.0713. The summed E-state index contributed by atoms with van der Waals surface area (Å²) < 4.78 is 5.75. The summed E-state index contributed by atoms with van der Waals surface area (Å²) in [6.07, 6.45) is 3.38. The number of benzene rings is 1. The molecule has 0 fully saturated rings. The second-order valence-corrected chi connectivity index (χ2v) is 5.72. The zero-order valence-corrected chi connectivity index (χ0v) is 12.7. The van der Waals surface area contributed by atoms with E-state index in [-0.39, 0.29) is 6.04 Å². The maximum absolute atomic E-state index is 6.21. The van der Waals surface area contributed by atoms with Crippen LogP contribution in [0.1, 0.15) is 28.4 Å². The van der Waals surface area contributed by atoms with Crippen molar-refractivity contribution in [3.8, 4) is 5.75 Å². The maximum atomic E-state index is 6.21. The molecule has 0 radical (unpaired) electrons. The van der Waals surface area contributed by atoms with E-state index in [4.69, 9.17) is 22.2 Å². The molecule has 1 aliphatic rings. The van der Waals surface area contributed by atoms with Gasteiger partial charge in [-0.1, -0.05) is 17.7 Å². The smallest absolute Gasteiger partial charge is 0.125 e. The molecule has 1 aromatic heterocycles. The van der Waals surface area contributed by atoms with Crippen LogP contribution in [0, 0.1) is 6.92 Å². The van der Waals surface area contributed by atoms with Gasteiger partial charge < -0.3 is 4.74 Å². The molecule has 0 bridgehead atoms. The van der Waals surface area contributed by atoms with Gasteiger partial charge in [-0.3, -0.25) is 16.3 Å². The van der Waals surface area contributed by atoms with E-state index in [1.165, 1.54) is 5.56 Å². The van der Waals surface area contributed by atoms with Gasteiger partial charge in [0.05, 0.1) is 18.3 Å². The van der Waals surface area contributed by atoms with Crippen molar-refractivity contribution in [1.82, 2.24) is 10.4 Å². The van der Waals surface area contributed by atoms with Crippen molar-refractivity contribution in [1.29, 1.82) is 0 Å². The van der Waals surface area contributed by atoms with Crippen LogP contribution in [-0.2, 0) is 12.8 Å². The fourth-order valence-electron chi connectivity index (χ4n) is 2.81. The largest absolute Gasteiger partial charge is 0.493 e. The van der Waals surface area contributed by atoms with Crippen molar-refractivity contribution < 1.29 is 4.74 Å². The quantitative estimate of drug-likeness (QED) is 0.673. The third-order valence-corrected chi connectivity index (χ3v) is 4.05. The lowest BCUT2D eigenvalue weighted by Gasteiger charge is -2.19. The summed E-state index contributed by atoms with van der Waals surface area (Å²) in [6, 6.07) is 7.81. The number of pyridine rings is 1. The topological polar surface area (TPSA) is 60.2 Å². The first-order chi connectivity index (χ1) is 10.2. The molecule has 1 aliphatic heterocycles. The van der Waals surface area contributed by atoms with Gasteiger partial charge >= 0.3 is 0 Å². The van der Waals surface area contributed by atoms with Gasteiger partial charge in [0.1, 0.15) is 5.75 Å². The number of nitrogens with zero attached hydrogens (tertiary/aromatic N) is 1.